The van der Waals surface area contributed by atoms with Crippen LogP contribution < -0.4 is 10.6 Å². The Hall–Kier alpha value is -1.65. The molecule has 1 aliphatic carbocycles. The normalized spacial score (nSPS) is 27.4. The maximum absolute atomic E-state index is 10.9. The van der Waals surface area contributed by atoms with Crippen LogP contribution >= 0.6 is 0 Å². The Kier molecular flexibility index (Phi) is 2.05. The van der Waals surface area contributed by atoms with Crippen LogP contribution in [0.2, 0.25) is 0 Å². The third-order valence-corrected chi connectivity index (χ3v) is 3.61. The van der Waals surface area contributed by atoms with E-state index in [1.54, 1.807) is 6.07 Å². The molecular formula is C11H14N4O. The maximum Gasteiger partial charge on any atom is 0.269 e. The van der Waals surface area contributed by atoms with Crippen molar-refractivity contribution in [2.75, 3.05) is 11.4 Å². The van der Waals surface area contributed by atoms with Gasteiger partial charge in [0.15, 0.2) is 11.5 Å². The number of primary amides is 1. The number of aromatic nitrogens is 2. The molecule has 1 aliphatic heterocycles. The van der Waals surface area contributed by atoms with E-state index in [0.29, 0.717) is 6.04 Å². The van der Waals surface area contributed by atoms with Crippen LogP contribution in [0.4, 0.5) is 5.82 Å². The largest absolute Gasteiger partial charge is 0.364 e. The topological polar surface area (TPSA) is 72.1 Å². The van der Waals surface area contributed by atoms with Gasteiger partial charge in [-0.2, -0.15) is 0 Å². The van der Waals surface area contributed by atoms with Gasteiger partial charge in [-0.1, -0.05) is 0 Å². The molecule has 2 fully saturated rings. The molecular weight excluding hydrogens is 204 g/mol. The van der Waals surface area contributed by atoms with Crippen molar-refractivity contribution in [2.24, 2.45) is 11.7 Å². The molecule has 5 nitrogen and oxygen atoms in total. The SMILES string of the molecule is NC(=O)c1ccc(N2C[C@H]3CC[C@H]2C3)nn1. The molecule has 16 heavy (non-hydrogen) atoms. The number of anilines is 1. The van der Waals surface area contributed by atoms with Gasteiger partial charge in [0, 0.05) is 12.6 Å². The molecule has 1 saturated carbocycles. The first-order valence-electron chi connectivity index (χ1n) is 5.64. The van der Waals surface area contributed by atoms with E-state index in [2.05, 4.69) is 15.1 Å². The minimum Gasteiger partial charge on any atom is -0.364 e. The van der Waals surface area contributed by atoms with Gasteiger partial charge in [-0.3, -0.25) is 4.79 Å². The average molecular weight is 218 g/mol. The Morgan fingerprint density at radius 2 is 2.25 bits per heavy atom. The zero-order chi connectivity index (χ0) is 11.1. The molecule has 5 heteroatoms. The first-order chi connectivity index (χ1) is 7.74. The van der Waals surface area contributed by atoms with Crippen molar-refractivity contribution >= 4 is 11.7 Å². The van der Waals surface area contributed by atoms with Gasteiger partial charge < -0.3 is 10.6 Å². The molecule has 0 aromatic carbocycles. The van der Waals surface area contributed by atoms with E-state index in [-0.39, 0.29) is 5.69 Å². The third-order valence-electron chi connectivity index (χ3n) is 3.61. The van der Waals surface area contributed by atoms with Crippen LogP contribution in [-0.4, -0.2) is 28.7 Å². The van der Waals surface area contributed by atoms with E-state index in [1.165, 1.54) is 19.3 Å². The third kappa shape index (κ3) is 1.43. The first kappa shape index (κ1) is 9.57. The summed E-state index contributed by atoms with van der Waals surface area (Å²) < 4.78 is 0. The fraction of sp³-hybridized carbons (Fsp3) is 0.545. The molecule has 0 spiro atoms. The fourth-order valence-corrected chi connectivity index (χ4v) is 2.82. The van der Waals surface area contributed by atoms with E-state index in [1.807, 2.05) is 6.07 Å². The van der Waals surface area contributed by atoms with Gasteiger partial charge in [-0.15, -0.1) is 10.2 Å². The lowest BCUT2D eigenvalue weighted by Gasteiger charge is -2.27. The molecule has 0 radical (unpaired) electrons. The molecule has 3 rings (SSSR count). The standard InChI is InChI=1S/C11H14N4O/c12-11(16)9-3-4-10(14-13-9)15-6-7-1-2-8(15)5-7/h3-4,7-8H,1-2,5-6H2,(H2,12,16)/t7-,8-/m0/s1. The average Bonchev–Trinajstić information content (AvgIpc) is 2.91. The molecule has 2 heterocycles. The highest BCUT2D eigenvalue weighted by molar-refractivity contribution is 5.90. The molecule has 1 aromatic rings. The number of carbonyl (C=O) groups excluding carboxylic acids is 1. The molecule has 84 valence electrons. The smallest absolute Gasteiger partial charge is 0.269 e. The second-order valence-corrected chi connectivity index (χ2v) is 4.63. The van der Waals surface area contributed by atoms with Crippen LogP contribution in [0.1, 0.15) is 29.8 Å². The van der Waals surface area contributed by atoms with E-state index in [9.17, 15) is 4.79 Å². The Morgan fingerprint density at radius 3 is 2.75 bits per heavy atom. The number of nitrogens with zero attached hydrogens (tertiary/aromatic N) is 3. The van der Waals surface area contributed by atoms with Crippen molar-refractivity contribution in [2.45, 2.75) is 25.3 Å². The Bertz CT molecular complexity index is 416. The highest BCUT2D eigenvalue weighted by atomic mass is 16.1. The van der Waals surface area contributed by atoms with Crippen LogP contribution in [0.5, 0.6) is 0 Å². The molecule has 2 bridgehead atoms. The fourth-order valence-electron chi connectivity index (χ4n) is 2.82. The second kappa shape index (κ2) is 3.43. The van der Waals surface area contributed by atoms with Crippen molar-refractivity contribution in [3.05, 3.63) is 17.8 Å². The summed E-state index contributed by atoms with van der Waals surface area (Å²) in [5.41, 5.74) is 5.35. The predicted octanol–water partition coefficient (Wildman–Crippen LogP) is 0.564. The molecule has 1 amide bonds. The van der Waals surface area contributed by atoms with Crippen molar-refractivity contribution in [3.63, 3.8) is 0 Å². The number of hydrogen-bond acceptors (Lipinski definition) is 4. The summed E-state index contributed by atoms with van der Waals surface area (Å²) in [5, 5.41) is 7.92. The second-order valence-electron chi connectivity index (χ2n) is 4.63. The summed E-state index contributed by atoms with van der Waals surface area (Å²) in [4.78, 5) is 13.2. The summed E-state index contributed by atoms with van der Waals surface area (Å²) in [6, 6.07) is 4.11. The predicted molar refractivity (Wildman–Crippen MR) is 59.0 cm³/mol. The number of fused-ring (bicyclic) bond motifs is 2. The number of amides is 1. The number of carbonyl (C=O) groups is 1. The van der Waals surface area contributed by atoms with Gasteiger partial charge in [0.25, 0.3) is 5.91 Å². The summed E-state index contributed by atoms with van der Waals surface area (Å²) in [6.07, 6.45) is 3.87. The van der Waals surface area contributed by atoms with Gasteiger partial charge in [0.2, 0.25) is 0 Å². The van der Waals surface area contributed by atoms with Gasteiger partial charge in [0.05, 0.1) is 0 Å². The van der Waals surface area contributed by atoms with Crippen molar-refractivity contribution in [1.29, 1.82) is 0 Å². The molecule has 1 saturated heterocycles. The molecule has 2 N–H and O–H groups in total. The van der Waals surface area contributed by atoms with Gasteiger partial charge in [0.1, 0.15) is 0 Å². The van der Waals surface area contributed by atoms with Gasteiger partial charge >= 0.3 is 0 Å². The lowest BCUT2D eigenvalue weighted by Crippen LogP contribution is -2.32. The minimum absolute atomic E-state index is 0.230. The van der Waals surface area contributed by atoms with E-state index in [4.69, 9.17) is 5.73 Å². The molecule has 0 unspecified atom stereocenters. The van der Waals surface area contributed by atoms with Gasteiger partial charge in [-0.05, 0) is 37.3 Å². The Balaban J connectivity index is 1.82. The molecule has 1 aromatic heterocycles. The lowest BCUT2D eigenvalue weighted by molar-refractivity contribution is 0.0994. The van der Waals surface area contributed by atoms with Crippen molar-refractivity contribution in [3.8, 4) is 0 Å². The summed E-state index contributed by atoms with van der Waals surface area (Å²) in [5.74, 6) is 1.17. The number of nitrogens with two attached hydrogens (primary N) is 1. The number of rotatable bonds is 2. The summed E-state index contributed by atoms with van der Waals surface area (Å²) in [7, 11) is 0. The van der Waals surface area contributed by atoms with E-state index in [0.717, 1.165) is 18.3 Å². The van der Waals surface area contributed by atoms with Crippen LogP contribution in [-0.2, 0) is 0 Å². The van der Waals surface area contributed by atoms with Crippen molar-refractivity contribution in [1.82, 2.24) is 10.2 Å². The monoisotopic (exact) mass is 218 g/mol. The summed E-state index contributed by atoms with van der Waals surface area (Å²) in [6.45, 7) is 1.08. The zero-order valence-electron chi connectivity index (χ0n) is 8.97. The Morgan fingerprint density at radius 1 is 1.38 bits per heavy atom. The number of piperidine rings is 1. The quantitative estimate of drug-likeness (QED) is 0.787. The van der Waals surface area contributed by atoms with Crippen LogP contribution in [0.25, 0.3) is 0 Å². The van der Waals surface area contributed by atoms with Crippen molar-refractivity contribution < 1.29 is 4.79 Å². The van der Waals surface area contributed by atoms with Crippen LogP contribution in [0, 0.1) is 5.92 Å². The van der Waals surface area contributed by atoms with E-state index < -0.39 is 5.91 Å². The van der Waals surface area contributed by atoms with E-state index >= 15 is 0 Å². The van der Waals surface area contributed by atoms with Gasteiger partial charge in [-0.25, -0.2) is 0 Å². The lowest BCUT2D eigenvalue weighted by atomic mass is 10.1. The van der Waals surface area contributed by atoms with Crippen LogP contribution in [0.15, 0.2) is 12.1 Å². The highest BCUT2D eigenvalue weighted by Crippen LogP contribution is 2.39. The molecule has 2 atom stereocenters. The Labute approximate surface area is 93.6 Å². The number of hydrogen-bond donors (Lipinski definition) is 1. The van der Waals surface area contributed by atoms with Crippen LogP contribution in [0.3, 0.4) is 0 Å². The maximum atomic E-state index is 10.9. The zero-order valence-corrected chi connectivity index (χ0v) is 8.97. The summed E-state index contributed by atoms with van der Waals surface area (Å²) >= 11 is 0. The minimum atomic E-state index is -0.526. The highest BCUT2D eigenvalue weighted by Gasteiger charge is 2.38. The molecule has 2 aliphatic rings. The first-order valence-corrected chi connectivity index (χ1v) is 5.64.